The van der Waals surface area contributed by atoms with E-state index in [1.54, 1.807) is 40.4 Å². The molecule has 0 amide bonds. The summed E-state index contributed by atoms with van der Waals surface area (Å²) in [7, 11) is 4.72. The molecule has 0 bridgehead atoms. The molecule has 0 saturated heterocycles. The highest BCUT2D eigenvalue weighted by Crippen LogP contribution is 2.41. The van der Waals surface area contributed by atoms with Crippen molar-refractivity contribution in [1.82, 2.24) is 0 Å². The minimum Gasteiger partial charge on any atom is -0.497 e. The summed E-state index contributed by atoms with van der Waals surface area (Å²) in [5, 5.41) is 4.54. The normalized spacial score (nSPS) is 10.9. The van der Waals surface area contributed by atoms with Crippen LogP contribution >= 0.6 is 22.7 Å². The summed E-state index contributed by atoms with van der Waals surface area (Å²) < 4.78 is 37.0. The molecule has 3 heterocycles. The van der Waals surface area contributed by atoms with E-state index in [2.05, 4.69) is 0 Å². The first-order valence-corrected chi connectivity index (χ1v) is 17.4. The zero-order valence-corrected chi connectivity index (χ0v) is 30.3. The van der Waals surface area contributed by atoms with Crippen molar-refractivity contribution >= 4 is 44.6 Å². The first kappa shape index (κ1) is 37.4. The largest absolute Gasteiger partial charge is 0.497 e. The first-order chi connectivity index (χ1) is 24.3. The molecule has 1 aliphatic rings. The van der Waals surface area contributed by atoms with E-state index >= 15 is 0 Å². The molecule has 0 unspecified atom stereocenters. The van der Waals surface area contributed by atoms with Crippen LogP contribution in [0.3, 0.4) is 0 Å². The molecule has 50 heavy (non-hydrogen) atoms. The van der Waals surface area contributed by atoms with Gasteiger partial charge in [0, 0.05) is 21.9 Å². The Labute approximate surface area is 299 Å². The molecular weight excluding hydrogens is 681 g/mol. The lowest BCUT2D eigenvalue weighted by molar-refractivity contribution is 0.0473. The smallest absolute Gasteiger partial charge is 0.342 e. The number of nitrogens with two attached hydrogens (primary N) is 2. The maximum atomic E-state index is 12.7. The number of ether oxygens (including phenoxy) is 7. The third kappa shape index (κ3) is 8.60. The molecule has 0 saturated carbocycles. The van der Waals surface area contributed by atoms with Crippen LogP contribution < -0.4 is 35.2 Å². The van der Waals surface area contributed by atoms with E-state index in [1.165, 1.54) is 22.7 Å². The summed E-state index contributed by atoms with van der Waals surface area (Å²) in [6.07, 6.45) is 0. The van der Waals surface area contributed by atoms with Crippen LogP contribution in [-0.4, -0.2) is 46.7 Å². The Morgan fingerprint density at radius 2 is 1.32 bits per heavy atom. The van der Waals surface area contributed by atoms with Crippen LogP contribution in [0.25, 0.3) is 22.3 Å². The number of hydrogen-bond acceptors (Lipinski definition) is 13. The summed E-state index contributed by atoms with van der Waals surface area (Å²) in [4.78, 5) is 24.7. The highest BCUT2D eigenvalue weighted by atomic mass is 32.1. The maximum absolute atomic E-state index is 12.7. The van der Waals surface area contributed by atoms with Gasteiger partial charge in [0.15, 0.2) is 23.0 Å². The molecule has 0 radical (unpaired) electrons. The Morgan fingerprint density at radius 3 is 1.94 bits per heavy atom. The van der Waals surface area contributed by atoms with Crippen LogP contribution in [0, 0.1) is 0 Å². The molecule has 6 rings (SSSR count). The topological polar surface area (TPSA) is 151 Å². The van der Waals surface area contributed by atoms with Crippen molar-refractivity contribution in [2.75, 3.05) is 46.2 Å². The number of nitrogen functional groups attached to an aromatic ring is 2. The van der Waals surface area contributed by atoms with E-state index in [9.17, 15) is 9.59 Å². The average Bonchev–Trinajstić information content (AvgIpc) is 3.89. The quantitative estimate of drug-likeness (QED) is 0.134. The molecule has 13 heteroatoms. The highest BCUT2D eigenvalue weighted by Gasteiger charge is 2.23. The summed E-state index contributed by atoms with van der Waals surface area (Å²) in [5.74, 6) is 2.37. The maximum Gasteiger partial charge on any atom is 0.342 e. The molecular formula is C37H40N2O9S2. The predicted octanol–water partition coefficient (Wildman–Crippen LogP) is 8.31. The van der Waals surface area contributed by atoms with Crippen LogP contribution in [0.2, 0.25) is 0 Å². The fraction of sp³-hybridized carbons (Fsp3) is 0.243. The fourth-order valence-electron chi connectivity index (χ4n) is 4.85. The lowest BCUT2D eigenvalue weighted by atomic mass is 10.0. The van der Waals surface area contributed by atoms with Crippen molar-refractivity contribution in [3.8, 4) is 51.0 Å². The zero-order valence-electron chi connectivity index (χ0n) is 28.7. The SMILES string of the molecule is CC.CCOC(=O)c1c(-c2ccc3c(c2)OCO3)csc1N.COc1cccc(COC(=O)c2c(-c3ccc(OC)c(OC)c3)csc2N)c1. The highest BCUT2D eigenvalue weighted by molar-refractivity contribution is 7.15. The van der Waals surface area contributed by atoms with Gasteiger partial charge >= 0.3 is 11.9 Å². The van der Waals surface area contributed by atoms with Crippen LogP contribution in [-0.2, 0) is 16.1 Å². The van der Waals surface area contributed by atoms with Gasteiger partial charge in [0.1, 0.15) is 33.5 Å². The standard InChI is InChI=1S/C21H21NO5S.C14H13NO4S.C2H6/c1-24-15-6-4-5-13(9-15)11-27-21(23)19-16(12-28-20(19)22)14-7-8-17(25-2)18(10-14)26-3;1-2-17-14(16)12-9(6-20-13(12)15)8-3-4-10-11(5-8)19-7-18-10;1-2/h4-10,12H,11,22H2,1-3H3;3-6H,2,7,15H2,1H3;1-2H3. The van der Waals surface area contributed by atoms with Gasteiger partial charge in [-0.05, 0) is 60.0 Å². The number of carbonyl (C=O) groups is 2. The summed E-state index contributed by atoms with van der Waals surface area (Å²) in [5.41, 5.74) is 16.6. The molecule has 4 N–H and O–H groups in total. The van der Waals surface area contributed by atoms with Crippen molar-refractivity contribution in [3.63, 3.8) is 0 Å². The molecule has 11 nitrogen and oxygen atoms in total. The number of benzene rings is 3. The number of thiophene rings is 2. The Hall–Kier alpha value is -5.40. The second kappa shape index (κ2) is 17.8. The molecule has 264 valence electrons. The molecule has 3 aromatic carbocycles. The van der Waals surface area contributed by atoms with E-state index in [1.807, 2.05) is 73.1 Å². The number of carbonyl (C=O) groups excluding carboxylic acids is 2. The van der Waals surface area contributed by atoms with Crippen LogP contribution in [0.1, 0.15) is 47.1 Å². The van der Waals surface area contributed by atoms with Gasteiger partial charge in [-0.15, -0.1) is 22.7 Å². The summed E-state index contributed by atoms with van der Waals surface area (Å²) >= 11 is 2.61. The summed E-state index contributed by atoms with van der Waals surface area (Å²) in [6, 6.07) is 18.3. The fourth-order valence-corrected chi connectivity index (χ4v) is 6.47. The molecule has 0 aliphatic carbocycles. The number of fused-ring (bicyclic) bond motifs is 1. The van der Waals surface area contributed by atoms with E-state index in [0.29, 0.717) is 62.0 Å². The minimum atomic E-state index is -0.480. The number of esters is 2. The van der Waals surface area contributed by atoms with Crippen molar-refractivity contribution in [2.45, 2.75) is 27.4 Å². The van der Waals surface area contributed by atoms with Gasteiger partial charge in [0.05, 0.1) is 27.9 Å². The average molecular weight is 721 g/mol. The lowest BCUT2D eigenvalue weighted by Crippen LogP contribution is -2.08. The third-order valence-electron chi connectivity index (χ3n) is 7.20. The van der Waals surface area contributed by atoms with Gasteiger partial charge in [-0.25, -0.2) is 9.59 Å². The first-order valence-electron chi connectivity index (χ1n) is 15.6. The van der Waals surface area contributed by atoms with E-state index in [4.69, 9.17) is 44.6 Å². The van der Waals surface area contributed by atoms with Gasteiger partial charge in [0.25, 0.3) is 0 Å². The van der Waals surface area contributed by atoms with Gasteiger partial charge in [0.2, 0.25) is 6.79 Å². The third-order valence-corrected chi connectivity index (χ3v) is 8.83. The van der Waals surface area contributed by atoms with Crippen LogP contribution in [0.4, 0.5) is 10.0 Å². The van der Waals surface area contributed by atoms with Crippen molar-refractivity contribution in [1.29, 1.82) is 0 Å². The zero-order chi connectivity index (χ0) is 36.2. The Bertz CT molecular complexity index is 1920. The predicted molar refractivity (Wildman–Crippen MR) is 197 cm³/mol. The lowest BCUT2D eigenvalue weighted by Gasteiger charge is -2.11. The Balaban J connectivity index is 0.000000224. The van der Waals surface area contributed by atoms with Gasteiger partial charge in [-0.2, -0.15) is 0 Å². The van der Waals surface area contributed by atoms with Gasteiger partial charge < -0.3 is 44.6 Å². The number of hydrogen-bond donors (Lipinski definition) is 2. The van der Waals surface area contributed by atoms with Crippen LogP contribution in [0.5, 0.6) is 28.7 Å². The number of rotatable bonds is 10. The molecule has 5 aromatic rings. The summed E-state index contributed by atoms with van der Waals surface area (Å²) in [6.45, 7) is 6.42. The molecule has 1 aliphatic heterocycles. The van der Waals surface area contributed by atoms with E-state index in [0.717, 1.165) is 22.3 Å². The number of methoxy groups -OCH3 is 3. The van der Waals surface area contributed by atoms with E-state index in [-0.39, 0.29) is 13.4 Å². The monoisotopic (exact) mass is 720 g/mol. The Kier molecular flexibility index (Phi) is 13.3. The molecule has 0 fully saturated rings. The second-order valence-electron chi connectivity index (χ2n) is 10.1. The molecule has 0 spiro atoms. The minimum absolute atomic E-state index is 0.122. The van der Waals surface area contributed by atoms with Gasteiger partial charge in [-0.1, -0.05) is 38.1 Å². The second-order valence-corrected chi connectivity index (χ2v) is 11.9. The van der Waals surface area contributed by atoms with E-state index < -0.39 is 11.9 Å². The van der Waals surface area contributed by atoms with Crippen LogP contribution in [0.15, 0.2) is 71.4 Å². The number of anilines is 2. The van der Waals surface area contributed by atoms with Crippen molar-refractivity contribution in [3.05, 3.63) is 88.1 Å². The molecule has 2 aromatic heterocycles. The molecule has 0 atom stereocenters. The van der Waals surface area contributed by atoms with Gasteiger partial charge in [-0.3, -0.25) is 0 Å². The Morgan fingerprint density at radius 1 is 0.720 bits per heavy atom. The van der Waals surface area contributed by atoms with Crippen molar-refractivity contribution < 1.29 is 42.7 Å². The van der Waals surface area contributed by atoms with Crippen molar-refractivity contribution in [2.24, 2.45) is 0 Å².